The van der Waals surface area contributed by atoms with Gasteiger partial charge in [-0.1, -0.05) is 107 Å². The molecule has 0 N–H and O–H groups in total. The van der Waals surface area contributed by atoms with Gasteiger partial charge < -0.3 is 4.74 Å². The molecule has 0 bridgehead atoms. The van der Waals surface area contributed by atoms with Crippen LogP contribution in [-0.2, 0) is 4.74 Å². The molecule has 0 saturated heterocycles. The Morgan fingerprint density at radius 3 is 1.03 bits per heavy atom. The van der Waals surface area contributed by atoms with E-state index >= 15 is 0 Å². The Morgan fingerprint density at radius 2 is 0.793 bits per heavy atom. The summed E-state index contributed by atoms with van der Waals surface area (Å²) in [5.41, 5.74) is 0.260. The fraction of sp³-hybridized carbons (Fsp3) is 1.00. The van der Waals surface area contributed by atoms with Gasteiger partial charge in [-0.2, -0.15) is 0 Å². The molecular weight excluding hydrogens is 352 g/mol. The van der Waals surface area contributed by atoms with E-state index in [9.17, 15) is 0 Å². The molecule has 1 heteroatoms. The Balaban J connectivity index is 5.42. The van der Waals surface area contributed by atoms with Crippen molar-refractivity contribution >= 4 is 0 Å². The lowest BCUT2D eigenvalue weighted by Gasteiger charge is -2.51. The summed E-state index contributed by atoms with van der Waals surface area (Å²) in [5, 5.41) is 0. The van der Waals surface area contributed by atoms with Gasteiger partial charge in [-0.15, -0.1) is 0 Å². The van der Waals surface area contributed by atoms with E-state index in [0.29, 0.717) is 11.8 Å². The number of hydrogen-bond donors (Lipinski definition) is 0. The zero-order chi connectivity index (χ0) is 22.9. The summed E-state index contributed by atoms with van der Waals surface area (Å²) >= 11 is 0. The SMILES string of the molecule is CCCCCCC(C(C)(C)C)C(C)(C)OC(C)(C)C(CCCCCC)C(C)(C)C. The minimum atomic E-state index is -0.124. The molecule has 0 spiro atoms. The monoisotopic (exact) mass is 410 g/mol. The molecule has 0 radical (unpaired) electrons. The molecule has 0 aliphatic heterocycles. The van der Waals surface area contributed by atoms with Crippen LogP contribution < -0.4 is 0 Å². The normalized spacial score (nSPS) is 16.1. The first-order valence-corrected chi connectivity index (χ1v) is 12.8. The molecule has 0 aromatic carbocycles. The lowest BCUT2D eigenvalue weighted by atomic mass is 9.67. The zero-order valence-electron chi connectivity index (χ0n) is 22.6. The molecule has 176 valence electrons. The molecular formula is C28H58O. The Bertz CT molecular complexity index is 379. The van der Waals surface area contributed by atoms with Crippen LogP contribution in [0.25, 0.3) is 0 Å². The fourth-order valence-electron chi connectivity index (χ4n) is 6.02. The topological polar surface area (TPSA) is 9.23 Å². The smallest absolute Gasteiger partial charge is 0.0666 e. The second kappa shape index (κ2) is 12.1. The number of rotatable bonds is 14. The molecule has 2 atom stereocenters. The standard InChI is InChI=1S/C28H58O/c1-13-15-17-19-21-23(25(3,4)5)27(9,10)29-28(11,12)24(26(6,7)8)22-20-18-16-14-2/h23-24H,13-22H2,1-12H3. The Morgan fingerprint density at radius 1 is 0.483 bits per heavy atom. The van der Waals surface area contributed by atoms with E-state index < -0.39 is 0 Å². The predicted octanol–water partition coefficient (Wildman–Crippen LogP) is 9.83. The summed E-state index contributed by atoms with van der Waals surface area (Å²) in [5.74, 6) is 1.12. The van der Waals surface area contributed by atoms with Crippen LogP contribution in [0, 0.1) is 22.7 Å². The van der Waals surface area contributed by atoms with Crippen LogP contribution in [0.15, 0.2) is 0 Å². The third-order valence-corrected chi connectivity index (χ3v) is 6.99. The van der Waals surface area contributed by atoms with Crippen LogP contribution in [0.4, 0.5) is 0 Å². The first kappa shape index (κ1) is 29.0. The summed E-state index contributed by atoms with van der Waals surface area (Å²) in [4.78, 5) is 0. The van der Waals surface area contributed by atoms with Gasteiger partial charge >= 0.3 is 0 Å². The largest absolute Gasteiger partial charge is 0.369 e. The summed E-state index contributed by atoms with van der Waals surface area (Å²) < 4.78 is 7.12. The predicted molar refractivity (Wildman–Crippen MR) is 133 cm³/mol. The highest BCUT2D eigenvalue weighted by Gasteiger charge is 2.46. The minimum Gasteiger partial charge on any atom is -0.369 e. The van der Waals surface area contributed by atoms with Crippen molar-refractivity contribution in [1.82, 2.24) is 0 Å². The van der Waals surface area contributed by atoms with Crippen molar-refractivity contribution in [2.75, 3.05) is 0 Å². The highest BCUT2D eigenvalue weighted by molar-refractivity contribution is 4.94. The van der Waals surface area contributed by atoms with Gasteiger partial charge in [0.2, 0.25) is 0 Å². The molecule has 0 aliphatic rings. The van der Waals surface area contributed by atoms with E-state index in [-0.39, 0.29) is 22.0 Å². The van der Waals surface area contributed by atoms with E-state index in [1.807, 2.05) is 0 Å². The second-order valence-corrected chi connectivity index (χ2v) is 12.8. The van der Waals surface area contributed by atoms with E-state index in [4.69, 9.17) is 4.74 Å². The van der Waals surface area contributed by atoms with Crippen LogP contribution >= 0.6 is 0 Å². The van der Waals surface area contributed by atoms with Gasteiger partial charge in [0.1, 0.15) is 0 Å². The minimum absolute atomic E-state index is 0.124. The molecule has 0 rings (SSSR count). The molecule has 1 nitrogen and oxygen atoms in total. The average Bonchev–Trinajstić information content (AvgIpc) is 2.50. The van der Waals surface area contributed by atoms with Crippen LogP contribution in [0.2, 0.25) is 0 Å². The molecule has 29 heavy (non-hydrogen) atoms. The fourth-order valence-corrected chi connectivity index (χ4v) is 6.02. The number of ether oxygens (including phenoxy) is 1. The summed E-state index contributed by atoms with van der Waals surface area (Å²) in [6, 6.07) is 0. The Kier molecular flexibility index (Phi) is 12.1. The lowest BCUT2D eigenvalue weighted by molar-refractivity contribution is -0.203. The van der Waals surface area contributed by atoms with Crippen molar-refractivity contribution in [3.05, 3.63) is 0 Å². The van der Waals surface area contributed by atoms with E-state index in [1.165, 1.54) is 64.2 Å². The van der Waals surface area contributed by atoms with Crippen molar-refractivity contribution in [3.63, 3.8) is 0 Å². The van der Waals surface area contributed by atoms with E-state index in [1.54, 1.807) is 0 Å². The van der Waals surface area contributed by atoms with Crippen molar-refractivity contribution in [2.24, 2.45) is 22.7 Å². The molecule has 0 heterocycles. The molecule has 0 fully saturated rings. The van der Waals surface area contributed by atoms with Crippen LogP contribution in [-0.4, -0.2) is 11.2 Å². The summed E-state index contributed by atoms with van der Waals surface area (Å²) in [6.45, 7) is 28.5. The van der Waals surface area contributed by atoms with Crippen molar-refractivity contribution < 1.29 is 4.74 Å². The molecule has 0 aromatic heterocycles. The molecule has 0 saturated carbocycles. The quantitative estimate of drug-likeness (QED) is 0.259. The van der Waals surface area contributed by atoms with Gasteiger partial charge in [0.25, 0.3) is 0 Å². The van der Waals surface area contributed by atoms with Crippen LogP contribution in [0.1, 0.15) is 147 Å². The Hall–Kier alpha value is -0.0400. The first-order valence-electron chi connectivity index (χ1n) is 12.8. The zero-order valence-corrected chi connectivity index (χ0v) is 22.6. The Labute approximate surface area is 186 Å². The number of unbranched alkanes of at least 4 members (excludes halogenated alkanes) is 6. The van der Waals surface area contributed by atoms with E-state index in [2.05, 4.69) is 83.1 Å². The van der Waals surface area contributed by atoms with Crippen LogP contribution in [0.5, 0.6) is 0 Å². The van der Waals surface area contributed by atoms with Crippen molar-refractivity contribution in [3.8, 4) is 0 Å². The van der Waals surface area contributed by atoms with Gasteiger partial charge in [-0.25, -0.2) is 0 Å². The highest BCUT2D eigenvalue weighted by Crippen LogP contribution is 2.47. The third-order valence-electron chi connectivity index (χ3n) is 6.99. The van der Waals surface area contributed by atoms with Gasteiger partial charge in [0.15, 0.2) is 0 Å². The highest BCUT2D eigenvalue weighted by atomic mass is 16.5. The van der Waals surface area contributed by atoms with Crippen molar-refractivity contribution in [1.29, 1.82) is 0 Å². The first-order chi connectivity index (χ1) is 13.1. The van der Waals surface area contributed by atoms with Gasteiger partial charge in [0.05, 0.1) is 11.2 Å². The maximum Gasteiger partial charge on any atom is 0.0666 e. The second-order valence-electron chi connectivity index (χ2n) is 12.8. The summed E-state index contributed by atoms with van der Waals surface area (Å²) in [6.07, 6.45) is 13.2. The lowest BCUT2D eigenvalue weighted by Crippen LogP contribution is -2.52. The van der Waals surface area contributed by atoms with Gasteiger partial charge in [-0.05, 0) is 63.2 Å². The van der Waals surface area contributed by atoms with Crippen LogP contribution in [0.3, 0.4) is 0 Å². The molecule has 0 aliphatic carbocycles. The maximum absolute atomic E-state index is 7.12. The summed E-state index contributed by atoms with van der Waals surface area (Å²) in [7, 11) is 0. The van der Waals surface area contributed by atoms with Crippen molar-refractivity contribution in [2.45, 2.75) is 158 Å². The molecule has 0 aromatic rings. The maximum atomic E-state index is 7.12. The third kappa shape index (κ3) is 10.7. The van der Waals surface area contributed by atoms with E-state index in [0.717, 1.165) is 0 Å². The average molecular weight is 411 g/mol. The van der Waals surface area contributed by atoms with Gasteiger partial charge in [-0.3, -0.25) is 0 Å². The number of hydrogen-bond acceptors (Lipinski definition) is 1. The van der Waals surface area contributed by atoms with Gasteiger partial charge in [0, 0.05) is 0 Å². The molecule has 2 unspecified atom stereocenters. The molecule has 0 amide bonds.